The Hall–Kier alpha value is -1.65. The molecule has 5 nitrogen and oxygen atoms in total. The average Bonchev–Trinajstić information content (AvgIpc) is 2.92. The van der Waals surface area contributed by atoms with Crippen molar-refractivity contribution < 1.29 is 4.92 Å². The molecule has 5 heteroatoms. The molecule has 0 spiro atoms. The molecule has 1 aliphatic carbocycles. The first-order valence-electron chi connectivity index (χ1n) is 4.52. The second-order valence-corrected chi connectivity index (χ2v) is 3.55. The highest BCUT2D eigenvalue weighted by Gasteiger charge is 2.23. The van der Waals surface area contributed by atoms with Crippen LogP contribution in [0.5, 0.6) is 0 Å². The molecule has 0 N–H and O–H groups in total. The number of pyridine rings is 1. The van der Waals surface area contributed by atoms with Crippen LogP contribution in [-0.2, 0) is 6.54 Å². The molecule has 74 valence electrons. The van der Waals surface area contributed by atoms with Crippen molar-refractivity contribution in [1.29, 1.82) is 0 Å². The Balaban J connectivity index is 2.35. The van der Waals surface area contributed by atoms with E-state index in [2.05, 4.69) is 0 Å². The van der Waals surface area contributed by atoms with E-state index < -0.39 is 10.5 Å². The summed E-state index contributed by atoms with van der Waals surface area (Å²) in [5.41, 5.74) is -0.836. The van der Waals surface area contributed by atoms with Gasteiger partial charge in [-0.2, -0.15) is 0 Å². The lowest BCUT2D eigenvalue weighted by molar-refractivity contribution is -0.386. The highest BCUT2D eigenvalue weighted by atomic mass is 16.6. The van der Waals surface area contributed by atoms with Gasteiger partial charge in [0.2, 0.25) is 0 Å². The van der Waals surface area contributed by atoms with Gasteiger partial charge >= 0.3 is 11.2 Å². The first-order valence-corrected chi connectivity index (χ1v) is 4.52. The molecule has 1 aromatic heterocycles. The van der Waals surface area contributed by atoms with Crippen LogP contribution >= 0.6 is 0 Å². The molecule has 0 saturated heterocycles. The van der Waals surface area contributed by atoms with E-state index in [4.69, 9.17) is 0 Å². The lowest BCUT2D eigenvalue weighted by Gasteiger charge is -2.02. The maximum Gasteiger partial charge on any atom is 0.334 e. The molecular formula is C9H10N2O3. The molecule has 0 radical (unpaired) electrons. The molecule has 1 heterocycles. The van der Waals surface area contributed by atoms with E-state index in [-0.39, 0.29) is 5.69 Å². The van der Waals surface area contributed by atoms with Gasteiger partial charge in [0.05, 0.1) is 4.92 Å². The molecular weight excluding hydrogens is 184 g/mol. The van der Waals surface area contributed by atoms with Crippen molar-refractivity contribution in [2.75, 3.05) is 0 Å². The van der Waals surface area contributed by atoms with Gasteiger partial charge in [-0.3, -0.25) is 14.9 Å². The van der Waals surface area contributed by atoms with E-state index in [0.29, 0.717) is 12.5 Å². The SMILES string of the molecule is O=c1c([N+](=O)[O-])cccn1CC1CC1. The third-order valence-electron chi connectivity index (χ3n) is 2.35. The molecule has 2 rings (SSSR count). The van der Waals surface area contributed by atoms with Crippen molar-refractivity contribution in [2.24, 2.45) is 5.92 Å². The third kappa shape index (κ3) is 1.66. The van der Waals surface area contributed by atoms with Crippen LogP contribution in [0.3, 0.4) is 0 Å². The third-order valence-corrected chi connectivity index (χ3v) is 2.35. The topological polar surface area (TPSA) is 65.1 Å². The predicted molar refractivity (Wildman–Crippen MR) is 50.1 cm³/mol. The van der Waals surface area contributed by atoms with Crippen LogP contribution in [0.25, 0.3) is 0 Å². The maximum absolute atomic E-state index is 11.5. The monoisotopic (exact) mass is 194 g/mol. The smallest absolute Gasteiger partial charge is 0.309 e. The number of nitrogens with zero attached hydrogens (tertiary/aromatic N) is 2. The van der Waals surface area contributed by atoms with Gasteiger partial charge in [-0.25, -0.2) is 0 Å². The van der Waals surface area contributed by atoms with E-state index in [9.17, 15) is 14.9 Å². The van der Waals surface area contributed by atoms with Crippen molar-refractivity contribution >= 4 is 5.69 Å². The van der Waals surface area contributed by atoms with Crippen molar-refractivity contribution in [2.45, 2.75) is 19.4 Å². The van der Waals surface area contributed by atoms with E-state index in [1.807, 2.05) is 0 Å². The fraction of sp³-hybridized carbons (Fsp3) is 0.444. The average molecular weight is 194 g/mol. The Labute approximate surface area is 80.1 Å². The molecule has 1 aliphatic rings. The van der Waals surface area contributed by atoms with E-state index >= 15 is 0 Å². The van der Waals surface area contributed by atoms with Crippen LogP contribution in [-0.4, -0.2) is 9.49 Å². The van der Waals surface area contributed by atoms with Gasteiger partial charge in [0.15, 0.2) is 0 Å². The second-order valence-electron chi connectivity index (χ2n) is 3.55. The first kappa shape index (κ1) is 8.93. The molecule has 1 aromatic rings. The first-order chi connectivity index (χ1) is 6.68. The summed E-state index contributed by atoms with van der Waals surface area (Å²) in [7, 11) is 0. The van der Waals surface area contributed by atoms with Gasteiger partial charge in [-0.05, 0) is 24.8 Å². The number of hydrogen-bond acceptors (Lipinski definition) is 3. The van der Waals surface area contributed by atoms with Gasteiger partial charge in [0.25, 0.3) is 0 Å². The molecule has 1 saturated carbocycles. The number of hydrogen-bond donors (Lipinski definition) is 0. The standard InChI is InChI=1S/C9H10N2O3/c12-9-8(11(13)14)2-1-5-10(9)6-7-3-4-7/h1-2,5,7H,3-4,6H2. The maximum atomic E-state index is 11.5. The summed E-state index contributed by atoms with van der Waals surface area (Å²) in [5, 5.41) is 10.5. The number of rotatable bonds is 3. The van der Waals surface area contributed by atoms with E-state index in [1.54, 1.807) is 12.3 Å². The lowest BCUT2D eigenvalue weighted by atomic mass is 10.3. The normalized spacial score (nSPS) is 15.4. The molecule has 0 aliphatic heterocycles. The van der Waals surface area contributed by atoms with Gasteiger partial charge in [-0.15, -0.1) is 0 Å². The highest BCUT2D eigenvalue weighted by Crippen LogP contribution is 2.30. The number of nitro groups is 1. The summed E-state index contributed by atoms with van der Waals surface area (Å²) < 4.78 is 1.43. The van der Waals surface area contributed by atoms with Crippen molar-refractivity contribution in [1.82, 2.24) is 4.57 Å². The Morgan fingerprint density at radius 3 is 2.86 bits per heavy atom. The molecule has 0 aromatic carbocycles. The Morgan fingerprint density at radius 1 is 1.57 bits per heavy atom. The minimum atomic E-state index is -0.633. The molecule has 0 amide bonds. The summed E-state index contributed by atoms with van der Waals surface area (Å²) in [5.74, 6) is 0.537. The molecule has 0 bridgehead atoms. The van der Waals surface area contributed by atoms with Gasteiger partial charge in [0, 0.05) is 18.8 Å². The van der Waals surface area contributed by atoms with E-state index in [0.717, 1.165) is 12.8 Å². The quantitative estimate of drug-likeness (QED) is 0.535. The van der Waals surface area contributed by atoms with Crippen LogP contribution in [0.1, 0.15) is 12.8 Å². The van der Waals surface area contributed by atoms with Gasteiger partial charge in [-0.1, -0.05) is 0 Å². The fourth-order valence-corrected chi connectivity index (χ4v) is 1.39. The largest absolute Gasteiger partial charge is 0.334 e. The summed E-state index contributed by atoms with van der Waals surface area (Å²) >= 11 is 0. The summed E-state index contributed by atoms with van der Waals surface area (Å²) in [6.45, 7) is 0.612. The highest BCUT2D eigenvalue weighted by molar-refractivity contribution is 5.25. The Bertz CT molecular complexity index is 420. The molecule has 0 unspecified atom stereocenters. The summed E-state index contributed by atoms with van der Waals surface area (Å²) in [6, 6.07) is 2.79. The predicted octanol–water partition coefficient (Wildman–Crippen LogP) is 1.17. The zero-order valence-electron chi connectivity index (χ0n) is 7.55. The van der Waals surface area contributed by atoms with Crippen molar-refractivity contribution in [3.8, 4) is 0 Å². The Morgan fingerprint density at radius 2 is 2.29 bits per heavy atom. The van der Waals surface area contributed by atoms with Crippen LogP contribution in [0, 0.1) is 16.0 Å². The fourth-order valence-electron chi connectivity index (χ4n) is 1.39. The second kappa shape index (κ2) is 3.25. The molecule has 1 fully saturated rings. The summed E-state index contributed by atoms with van der Waals surface area (Å²) in [6.07, 6.45) is 3.85. The van der Waals surface area contributed by atoms with Crippen LogP contribution < -0.4 is 5.56 Å². The zero-order valence-corrected chi connectivity index (χ0v) is 7.55. The van der Waals surface area contributed by atoms with Crippen LogP contribution in [0.2, 0.25) is 0 Å². The minimum absolute atomic E-state index is 0.340. The van der Waals surface area contributed by atoms with Crippen LogP contribution in [0.4, 0.5) is 5.69 Å². The van der Waals surface area contributed by atoms with Gasteiger partial charge < -0.3 is 4.57 Å². The van der Waals surface area contributed by atoms with E-state index in [1.165, 1.54) is 10.6 Å². The van der Waals surface area contributed by atoms with Gasteiger partial charge in [0.1, 0.15) is 0 Å². The minimum Gasteiger partial charge on any atom is -0.309 e. The van der Waals surface area contributed by atoms with Crippen LogP contribution in [0.15, 0.2) is 23.1 Å². The van der Waals surface area contributed by atoms with Crippen molar-refractivity contribution in [3.05, 3.63) is 38.8 Å². The molecule has 0 atom stereocenters. The number of aromatic nitrogens is 1. The summed E-state index contributed by atoms with van der Waals surface area (Å²) in [4.78, 5) is 21.3. The van der Waals surface area contributed by atoms with Crippen molar-refractivity contribution in [3.63, 3.8) is 0 Å². The zero-order chi connectivity index (χ0) is 10.1. The Kier molecular flexibility index (Phi) is 2.07. The lowest BCUT2D eigenvalue weighted by Crippen LogP contribution is -2.22. The molecule has 14 heavy (non-hydrogen) atoms.